The zero-order valence-electron chi connectivity index (χ0n) is 10.4. The van der Waals surface area contributed by atoms with Crippen LogP contribution in [0.2, 0.25) is 0 Å². The molecule has 1 nitrogen and oxygen atoms in total. The number of aryl methyl sites for hydroxylation is 2. The molecule has 0 saturated heterocycles. The number of benzene rings is 2. The lowest BCUT2D eigenvalue weighted by molar-refractivity contribution is 0.475. The van der Waals surface area contributed by atoms with Crippen molar-refractivity contribution in [3.63, 3.8) is 0 Å². The highest BCUT2D eigenvalue weighted by atomic mass is 16.3. The van der Waals surface area contributed by atoms with E-state index >= 15 is 0 Å². The van der Waals surface area contributed by atoms with Gasteiger partial charge in [-0.05, 0) is 47.2 Å². The Kier molecular flexibility index (Phi) is 3.48. The third kappa shape index (κ3) is 2.50. The van der Waals surface area contributed by atoms with Crippen LogP contribution in [-0.2, 0) is 12.8 Å². The summed E-state index contributed by atoms with van der Waals surface area (Å²) in [6.45, 7) is 4.38. The third-order valence-electron chi connectivity index (χ3n) is 3.17. The molecule has 1 heteroatoms. The summed E-state index contributed by atoms with van der Waals surface area (Å²) in [5.41, 5.74) is 5.22. The molecular weight excluding hydrogens is 208 g/mol. The summed E-state index contributed by atoms with van der Waals surface area (Å²) in [5, 5.41) is 9.29. The second-order valence-corrected chi connectivity index (χ2v) is 4.24. The monoisotopic (exact) mass is 226 g/mol. The summed E-state index contributed by atoms with van der Waals surface area (Å²) in [5.74, 6) is 0.314. The van der Waals surface area contributed by atoms with Crippen molar-refractivity contribution >= 4 is 0 Å². The van der Waals surface area contributed by atoms with Gasteiger partial charge in [0.15, 0.2) is 0 Å². The minimum absolute atomic E-state index is 0.314. The van der Waals surface area contributed by atoms with Crippen molar-refractivity contribution in [2.45, 2.75) is 26.7 Å². The van der Waals surface area contributed by atoms with Crippen molar-refractivity contribution in [3.05, 3.63) is 53.6 Å². The number of hydrogen-bond donors (Lipinski definition) is 1. The van der Waals surface area contributed by atoms with Gasteiger partial charge in [0.05, 0.1) is 0 Å². The van der Waals surface area contributed by atoms with Gasteiger partial charge in [-0.15, -0.1) is 0 Å². The molecule has 0 bridgehead atoms. The Balaban J connectivity index is 2.42. The van der Waals surface area contributed by atoms with Crippen LogP contribution in [0.25, 0.3) is 11.1 Å². The Morgan fingerprint density at radius 3 is 1.94 bits per heavy atom. The van der Waals surface area contributed by atoms with Gasteiger partial charge in [0.2, 0.25) is 0 Å². The van der Waals surface area contributed by atoms with Crippen molar-refractivity contribution in [2.75, 3.05) is 0 Å². The van der Waals surface area contributed by atoms with Crippen LogP contribution in [-0.4, -0.2) is 5.11 Å². The molecule has 2 aromatic carbocycles. The van der Waals surface area contributed by atoms with Gasteiger partial charge in [-0.1, -0.05) is 44.2 Å². The maximum absolute atomic E-state index is 9.29. The molecule has 2 aromatic rings. The first kappa shape index (κ1) is 11.7. The molecule has 0 aromatic heterocycles. The van der Waals surface area contributed by atoms with E-state index in [0.717, 1.165) is 18.4 Å². The average Bonchev–Trinajstić information content (AvgIpc) is 2.39. The Labute approximate surface area is 103 Å². The van der Waals surface area contributed by atoms with E-state index in [9.17, 15) is 5.11 Å². The first-order valence-corrected chi connectivity index (χ1v) is 6.15. The lowest BCUT2D eigenvalue weighted by Gasteiger charge is -2.09. The minimum atomic E-state index is 0.314. The molecule has 0 amide bonds. The lowest BCUT2D eigenvalue weighted by Crippen LogP contribution is -1.91. The number of aromatic hydroxyl groups is 1. The molecule has 0 aliphatic heterocycles. The molecule has 0 aliphatic carbocycles. The van der Waals surface area contributed by atoms with Crippen LogP contribution in [0.4, 0.5) is 0 Å². The first-order valence-electron chi connectivity index (χ1n) is 6.15. The first-order chi connectivity index (χ1) is 8.24. The number of phenolic OH excluding ortho intramolecular Hbond substituents is 1. The van der Waals surface area contributed by atoms with Crippen LogP contribution >= 0.6 is 0 Å². The molecule has 17 heavy (non-hydrogen) atoms. The normalized spacial score (nSPS) is 10.5. The number of rotatable bonds is 3. The molecule has 0 fully saturated rings. The molecule has 0 unspecified atom stereocenters. The van der Waals surface area contributed by atoms with Gasteiger partial charge in [0.1, 0.15) is 5.75 Å². The third-order valence-corrected chi connectivity index (χ3v) is 3.17. The molecule has 1 N–H and O–H groups in total. The van der Waals surface area contributed by atoms with Crippen LogP contribution in [0.15, 0.2) is 42.5 Å². The fraction of sp³-hybridized carbons (Fsp3) is 0.250. The van der Waals surface area contributed by atoms with E-state index in [-0.39, 0.29) is 0 Å². The summed E-state index contributed by atoms with van der Waals surface area (Å²) in [6, 6.07) is 14.0. The maximum Gasteiger partial charge on any atom is 0.115 e. The largest absolute Gasteiger partial charge is 0.508 e. The molecule has 0 radical (unpaired) electrons. The van der Waals surface area contributed by atoms with Crippen LogP contribution in [0.1, 0.15) is 25.0 Å². The van der Waals surface area contributed by atoms with E-state index < -0.39 is 0 Å². The van der Waals surface area contributed by atoms with E-state index in [2.05, 4.69) is 32.0 Å². The predicted molar refractivity (Wildman–Crippen MR) is 72.3 cm³/mol. The van der Waals surface area contributed by atoms with E-state index in [0.29, 0.717) is 5.75 Å². The van der Waals surface area contributed by atoms with E-state index in [1.807, 2.05) is 12.1 Å². The highest BCUT2D eigenvalue weighted by molar-refractivity contribution is 5.65. The van der Waals surface area contributed by atoms with Gasteiger partial charge >= 0.3 is 0 Å². The van der Waals surface area contributed by atoms with Crippen LogP contribution in [0.5, 0.6) is 5.75 Å². The number of phenols is 1. The van der Waals surface area contributed by atoms with Gasteiger partial charge < -0.3 is 5.11 Å². The van der Waals surface area contributed by atoms with Gasteiger partial charge in [-0.2, -0.15) is 0 Å². The highest BCUT2D eigenvalue weighted by Gasteiger charge is 2.03. The van der Waals surface area contributed by atoms with Gasteiger partial charge in [-0.25, -0.2) is 0 Å². The molecule has 0 heterocycles. The van der Waals surface area contributed by atoms with Crippen molar-refractivity contribution in [1.82, 2.24) is 0 Å². The summed E-state index contributed by atoms with van der Waals surface area (Å²) in [6.07, 6.45) is 2.15. The maximum atomic E-state index is 9.29. The second kappa shape index (κ2) is 5.05. The highest BCUT2D eigenvalue weighted by Crippen LogP contribution is 2.25. The van der Waals surface area contributed by atoms with Crippen LogP contribution < -0.4 is 0 Å². The van der Waals surface area contributed by atoms with Crippen molar-refractivity contribution in [1.29, 1.82) is 0 Å². The van der Waals surface area contributed by atoms with Gasteiger partial charge in [-0.3, -0.25) is 0 Å². The summed E-state index contributed by atoms with van der Waals surface area (Å²) in [4.78, 5) is 0. The Morgan fingerprint density at radius 2 is 1.35 bits per heavy atom. The Bertz CT molecular complexity index is 497. The molecule has 0 atom stereocenters. The Morgan fingerprint density at radius 1 is 0.765 bits per heavy atom. The van der Waals surface area contributed by atoms with Crippen molar-refractivity contribution in [2.24, 2.45) is 0 Å². The number of hydrogen-bond acceptors (Lipinski definition) is 1. The van der Waals surface area contributed by atoms with Gasteiger partial charge in [0.25, 0.3) is 0 Å². The summed E-state index contributed by atoms with van der Waals surface area (Å²) >= 11 is 0. The SMILES string of the molecule is CCc1ccc(-c2ccc(O)cc2)cc1CC. The quantitative estimate of drug-likeness (QED) is 0.832. The van der Waals surface area contributed by atoms with E-state index in [4.69, 9.17) is 0 Å². The average molecular weight is 226 g/mol. The zero-order valence-corrected chi connectivity index (χ0v) is 10.4. The molecule has 0 saturated carbocycles. The van der Waals surface area contributed by atoms with Crippen molar-refractivity contribution < 1.29 is 5.11 Å². The fourth-order valence-corrected chi connectivity index (χ4v) is 2.13. The fourth-order valence-electron chi connectivity index (χ4n) is 2.13. The smallest absolute Gasteiger partial charge is 0.115 e. The second-order valence-electron chi connectivity index (χ2n) is 4.24. The minimum Gasteiger partial charge on any atom is -0.508 e. The lowest BCUT2D eigenvalue weighted by atomic mass is 9.96. The molecule has 2 rings (SSSR count). The van der Waals surface area contributed by atoms with Crippen LogP contribution in [0.3, 0.4) is 0 Å². The Hall–Kier alpha value is -1.76. The molecule has 88 valence electrons. The molecule has 0 aliphatic rings. The zero-order chi connectivity index (χ0) is 12.3. The molecular formula is C16H18O. The van der Waals surface area contributed by atoms with Crippen molar-refractivity contribution in [3.8, 4) is 16.9 Å². The standard InChI is InChI=1S/C16H18O/c1-3-12-5-6-15(11-13(12)4-2)14-7-9-16(17)10-8-14/h5-11,17H,3-4H2,1-2H3. The van der Waals surface area contributed by atoms with E-state index in [1.165, 1.54) is 16.7 Å². The predicted octanol–water partition coefficient (Wildman–Crippen LogP) is 4.18. The van der Waals surface area contributed by atoms with Crippen LogP contribution in [0, 0.1) is 0 Å². The molecule has 0 spiro atoms. The summed E-state index contributed by atoms with van der Waals surface area (Å²) in [7, 11) is 0. The summed E-state index contributed by atoms with van der Waals surface area (Å²) < 4.78 is 0. The topological polar surface area (TPSA) is 20.2 Å². The van der Waals surface area contributed by atoms with E-state index in [1.54, 1.807) is 12.1 Å². The van der Waals surface area contributed by atoms with Gasteiger partial charge in [0, 0.05) is 0 Å².